The summed E-state index contributed by atoms with van der Waals surface area (Å²) in [5, 5.41) is 0. The lowest BCUT2D eigenvalue weighted by molar-refractivity contribution is 0.174. The lowest BCUT2D eigenvalue weighted by Gasteiger charge is -2.35. The van der Waals surface area contributed by atoms with Crippen molar-refractivity contribution in [3.05, 3.63) is 36.0 Å². The molecule has 29 heavy (non-hydrogen) atoms. The van der Waals surface area contributed by atoms with Crippen molar-refractivity contribution in [3.63, 3.8) is 0 Å². The zero-order chi connectivity index (χ0) is 20.1. The Kier molecular flexibility index (Phi) is 6.34. The minimum Gasteiger partial charge on any atom is -0.454 e. The summed E-state index contributed by atoms with van der Waals surface area (Å²) in [6.45, 7) is 11.6. The van der Waals surface area contributed by atoms with Crippen LogP contribution in [0, 0.1) is 0 Å². The van der Waals surface area contributed by atoms with E-state index in [1.54, 1.807) is 0 Å². The molecule has 1 aromatic carbocycles. The summed E-state index contributed by atoms with van der Waals surface area (Å²) >= 11 is 0. The molecule has 0 radical (unpaired) electrons. The van der Waals surface area contributed by atoms with E-state index in [-0.39, 0.29) is 0 Å². The molecule has 0 spiro atoms. The molecular weight excluding hydrogens is 366 g/mol. The Labute approximate surface area is 173 Å². The fourth-order valence-electron chi connectivity index (χ4n) is 3.95. The second-order valence-electron chi connectivity index (χ2n) is 7.65. The molecule has 7 nitrogen and oxygen atoms in total. The van der Waals surface area contributed by atoms with Crippen molar-refractivity contribution in [2.24, 2.45) is 0 Å². The number of fused-ring (bicyclic) bond motifs is 1. The van der Waals surface area contributed by atoms with E-state index < -0.39 is 0 Å². The third-order valence-corrected chi connectivity index (χ3v) is 5.44. The van der Waals surface area contributed by atoms with E-state index in [4.69, 9.17) is 14.5 Å². The first kappa shape index (κ1) is 19.8. The van der Waals surface area contributed by atoms with Crippen LogP contribution in [0.4, 0.5) is 11.8 Å². The SMILES string of the molecule is CCCN(CCC)c1ccnc(N2CCN(Cc3ccc4c(c3)OCO4)CC2)n1. The third kappa shape index (κ3) is 4.72. The van der Waals surface area contributed by atoms with Crippen LogP contribution in [0.1, 0.15) is 32.3 Å². The Balaban J connectivity index is 1.35. The molecule has 1 fully saturated rings. The molecule has 3 heterocycles. The van der Waals surface area contributed by atoms with Crippen LogP contribution < -0.4 is 19.3 Å². The van der Waals surface area contributed by atoms with Crippen LogP contribution in [0.2, 0.25) is 0 Å². The van der Waals surface area contributed by atoms with E-state index in [1.165, 1.54) is 5.56 Å². The molecular formula is C22H31N5O2. The summed E-state index contributed by atoms with van der Waals surface area (Å²) in [4.78, 5) is 16.6. The maximum atomic E-state index is 5.50. The molecule has 0 bridgehead atoms. The maximum absolute atomic E-state index is 5.50. The van der Waals surface area contributed by atoms with Crippen molar-refractivity contribution in [3.8, 4) is 11.5 Å². The first-order valence-corrected chi connectivity index (χ1v) is 10.7. The number of ether oxygens (including phenoxy) is 2. The number of aromatic nitrogens is 2. The molecule has 1 saturated heterocycles. The minimum atomic E-state index is 0.324. The van der Waals surface area contributed by atoms with Gasteiger partial charge in [0.2, 0.25) is 12.7 Å². The van der Waals surface area contributed by atoms with Gasteiger partial charge in [0.1, 0.15) is 5.82 Å². The minimum absolute atomic E-state index is 0.324. The molecule has 1 aromatic heterocycles. The molecule has 2 aliphatic rings. The molecule has 0 unspecified atom stereocenters. The molecule has 0 amide bonds. The van der Waals surface area contributed by atoms with Crippen LogP contribution in [-0.4, -0.2) is 60.9 Å². The zero-order valence-electron chi connectivity index (χ0n) is 17.5. The highest BCUT2D eigenvalue weighted by Crippen LogP contribution is 2.33. The van der Waals surface area contributed by atoms with Gasteiger partial charge in [0.15, 0.2) is 11.5 Å². The van der Waals surface area contributed by atoms with Crippen LogP contribution in [0.15, 0.2) is 30.5 Å². The Morgan fingerprint density at radius 1 is 0.966 bits per heavy atom. The molecule has 4 rings (SSSR count). The fraction of sp³-hybridized carbons (Fsp3) is 0.545. The molecule has 7 heteroatoms. The van der Waals surface area contributed by atoms with Crippen LogP contribution >= 0.6 is 0 Å². The molecule has 0 saturated carbocycles. The second kappa shape index (κ2) is 9.31. The Hall–Kier alpha value is -2.54. The molecule has 0 atom stereocenters. The smallest absolute Gasteiger partial charge is 0.231 e. The highest BCUT2D eigenvalue weighted by Gasteiger charge is 2.21. The summed E-state index contributed by atoms with van der Waals surface area (Å²) in [5.74, 6) is 3.59. The standard InChI is InChI=1S/C22H31N5O2/c1-3-9-26(10-4-2)21-7-8-23-22(24-21)27-13-11-25(12-14-27)16-18-5-6-19-20(15-18)29-17-28-19/h5-8,15H,3-4,9-14,16-17H2,1-2H3. The van der Waals surface area contributed by atoms with Crippen LogP contribution in [0.3, 0.4) is 0 Å². The number of hydrogen-bond acceptors (Lipinski definition) is 7. The van der Waals surface area contributed by atoms with Gasteiger partial charge in [0.25, 0.3) is 0 Å². The van der Waals surface area contributed by atoms with Crippen molar-refractivity contribution in [2.75, 3.05) is 55.9 Å². The molecule has 2 aromatic rings. The molecule has 2 aliphatic heterocycles. The highest BCUT2D eigenvalue weighted by molar-refractivity contribution is 5.45. The predicted octanol–water partition coefficient (Wildman–Crippen LogP) is 3.15. The van der Waals surface area contributed by atoms with Crippen LogP contribution in [-0.2, 0) is 6.54 Å². The first-order valence-electron chi connectivity index (χ1n) is 10.7. The summed E-state index contributed by atoms with van der Waals surface area (Å²) in [7, 11) is 0. The van der Waals surface area contributed by atoms with E-state index in [9.17, 15) is 0 Å². The van der Waals surface area contributed by atoms with E-state index in [0.29, 0.717) is 6.79 Å². The van der Waals surface area contributed by atoms with Crippen LogP contribution in [0.25, 0.3) is 0 Å². The Morgan fingerprint density at radius 2 is 1.72 bits per heavy atom. The largest absolute Gasteiger partial charge is 0.454 e. The van der Waals surface area contributed by atoms with Crippen molar-refractivity contribution in [1.82, 2.24) is 14.9 Å². The average molecular weight is 398 g/mol. The van der Waals surface area contributed by atoms with Gasteiger partial charge in [-0.1, -0.05) is 19.9 Å². The number of benzene rings is 1. The van der Waals surface area contributed by atoms with Gasteiger partial charge < -0.3 is 19.3 Å². The van der Waals surface area contributed by atoms with Crippen molar-refractivity contribution in [2.45, 2.75) is 33.2 Å². The third-order valence-electron chi connectivity index (χ3n) is 5.44. The van der Waals surface area contributed by atoms with Gasteiger partial charge >= 0.3 is 0 Å². The van der Waals surface area contributed by atoms with Gasteiger partial charge in [-0.3, -0.25) is 4.90 Å². The summed E-state index contributed by atoms with van der Waals surface area (Å²) in [5.41, 5.74) is 1.26. The average Bonchev–Trinajstić information content (AvgIpc) is 3.22. The Bertz CT molecular complexity index is 802. The first-order chi connectivity index (χ1) is 14.3. The summed E-state index contributed by atoms with van der Waals surface area (Å²) < 4.78 is 10.9. The number of hydrogen-bond donors (Lipinski definition) is 0. The summed E-state index contributed by atoms with van der Waals surface area (Å²) in [6.07, 6.45) is 4.14. The van der Waals surface area contributed by atoms with Gasteiger partial charge in [-0.25, -0.2) is 4.98 Å². The number of rotatable bonds is 8. The quantitative estimate of drug-likeness (QED) is 0.678. The number of piperazine rings is 1. The van der Waals surface area contributed by atoms with E-state index >= 15 is 0 Å². The van der Waals surface area contributed by atoms with Gasteiger partial charge in [-0.2, -0.15) is 4.98 Å². The van der Waals surface area contributed by atoms with E-state index in [0.717, 1.165) is 81.9 Å². The lowest BCUT2D eigenvalue weighted by Crippen LogP contribution is -2.46. The van der Waals surface area contributed by atoms with Crippen molar-refractivity contribution >= 4 is 11.8 Å². The zero-order valence-corrected chi connectivity index (χ0v) is 17.5. The molecule has 0 aliphatic carbocycles. The summed E-state index contributed by atoms with van der Waals surface area (Å²) in [6, 6.07) is 8.26. The van der Waals surface area contributed by atoms with Crippen molar-refractivity contribution < 1.29 is 9.47 Å². The van der Waals surface area contributed by atoms with Crippen molar-refractivity contribution in [1.29, 1.82) is 0 Å². The fourth-order valence-corrected chi connectivity index (χ4v) is 3.95. The Morgan fingerprint density at radius 3 is 2.48 bits per heavy atom. The van der Waals surface area contributed by atoms with E-state index in [1.807, 2.05) is 18.3 Å². The van der Waals surface area contributed by atoms with Gasteiger partial charge in [0.05, 0.1) is 0 Å². The number of anilines is 2. The highest BCUT2D eigenvalue weighted by atomic mass is 16.7. The topological polar surface area (TPSA) is 54.0 Å². The molecule has 0 N–H and O–H groups in total. The van der Waals surface area contributed by atoms with Crippen LogP contribution in [0.5, 0.6) is 11.5 Å². The molecule has 156 valence electrons. The second-order valence-corrected chi connectivity index (χ2v) is 7.65. The van der Waals surface area contributed by atoms with Gasteiger partial charge in [0, 0.05) is 52.0 Å². The lowest BCUT2D eigenvalue weighted by atomic mass is 10.1. The van der Waals surface area contributed by atoms with Gasteiger partial charge in [-0.05, 0) is 36.6 Å². The normalized spacial score (nSPS) is 16.3. The number of nitrogens with zero attached hydrogens (tertiary/aromatic N) is 5. The van der Waals surface area contributed by atoms with Gasteiger partial charge in [-0.15, -0.1) is 0 Å². The maximum Gasteiger partial charge on any atom is 0.231 e. The monoisotopic (exact) mass is 397 g/mol. The van der Waals surface area contributed by atoms with E-state index in [2.05, 4.69) is 45.7 Å². The predicted molar refractivity (Wildman–Crippen MR) is 115 cm³/mol.